The van der Waals surface area contributed by atoms with Crippen molar-refractivity contribution in [2.24, 2.45) is 0 Å². The molecule has 0 fully saturated rings. The van der Waals surface area contributed by atoms with Gasteiger partial charge in [0, 0.05) is 26.3 Å². The minimum atomic E-state index is -1.06. The van der Waals surface area contributed by atoms with Gasteiger partial charge in [-0.2, -0.15) is 0 Å². The molecular weight excluding hydrogens is 396 g/mol. The third kappa shape index (κ3) is 6.09. The number of methoxy groups -OCH3 is 1. The molecular formula is C25H30O6. The van der Waals surface area contributed by atoms with Crippen molar-refractivity contribution in [3.8, 4) is 11.5 Å². The van der Waals surface area contributed by atoms with E-state index in [-0.39, 0.29) is 6.10 Å². The molecule has 0 bridgehead atoms. The van der Waals surface area contributed by atoms with Crippen molar-refractivity contribution in [3.63, 3.8) is 0 Å². The standard InChI is InChI=1S/C25H30O6/c1-5-9-19(26)14-21(29-16-17-10-7-6-8-11-17)13-18-12-20(28-4)15-22-23(18)24(27)31-25(2,3)30-22/h5-8,10-12,15,19,21,26H,1,9,13-14,16H2,2-4H3/t19-,21-/m0/s1. The van der Waals surface area contributed by atoms with Crippen LogP contribution in [0, 0.1) is 0 Å². The third-order valence-corrected chi connectivity index (χ3v) is 5.04. The molecule has 0 saturated carbocycles. The number of cyclic esters (lactones) is 1. The lowest BCUT2D eigenvalue weighted by molar-refractivity contribution is -0.127. The van der Waals surface area contributed by atoms with Gasteiger partial charge >= 0.3 is 5.97 Å². The summed E-state index contributed by atoms with van der Waals surface area (Å²) in [6, 6.07) is 13.3. The van der Waals surface area contributed by atoms with Crippen molar-refractivity contribution >= 4 is 5.97 Å². The molecule has 1 aliphatic rings. The number of esters is 1. The van der Waals surface area contributed by atoms with E-state index in [0.717, 1.165) is 5.56 Å². The summed E-state index contributed by atoms with van der Waals surface area (Å²) in [7, 11) is 1.56. The van der Waals surface area contributed by atoms with Gasteiger partial charge in [0.1, 0.15) is 17.1 Å². The summed E-state index contributed by atoms with van der Waals surface area (Å²) in [5.41, 5.74) is 2.09. The van der Waals surface area contributed by atoms with Gasteiger partial charge in [-0.05, 0) is 30.0 Å². The SMILES string of the molecule is C=CC[C@H](O)C[C@H](Cc1cc(OC)cc2c1C(=O)OC(C)(C)O2)OCc1ccccc1. The molecule has 0 amide bonds. The monoisotopic (exact) mass is 426 g/mol. The Morgan fingerprint density at radius 1 is 1.19 bits per heavy atom. The molecule has 1 aliphatic heterocycles. The number of aliphatic hydroxyl groups is 1. The van der Waals surface area contributed by atoms with Gasteiger partial charge in [-0.25, -0.2) is 4.79 Å². The maximum atomic E-state index is 12.8. The second kappa shape index (κ2) is 9.98. The van der Waals surface area contributed by atoms with Crippen molar-refractivity contribution < 1.29 is 28.8 Å². The normalized spacial score (nSPS) is 16.5. The highest BCUT2D eigenvalue weighted by Crippen LogP contribution is 2.37. The van der Waals surface area contributed by atoms with E-state index in [2.05, 4.69) is 6.58 Å². The number of benzene rings is 2. The third-order valence-electron chi connectivity index (χ3n) is 5.04. The Morgan fingerprint density at radius 3 is 2.61 bits per heavy atom. The Kier molecular flexibility index (Phi) is 7.36. The predicted octanol–water partition coefficient (Wildman–Crippen LogP) is 4.44. The molecule has 2 atom stereocenters. The molecule has 2 aromatic carbocycles. The predicted molar refractivity (Wildman–Crippen MR) is 117 cm³/mol. The van der Waals surface area contributed by atoms with E-state index in [4.69, 9.17) is 18.9 Å². The van der Waals surface area contributed by atoms with E-state index in [9.17, 15) is 9.90 Å². The lowest BCUT2D eigenvalue weighted by Crippen LogP contribution is -2.39. The van der Waals surface area contributed by atoms with E-state index >= 15 is 0 Å². The van der Waals surface area contributed by atoms with E-state index in [1.165, 1.54) is 0 Å². The maximum absolute atomic E-state index is 12.8. The van der Waals surface area contributed by atoms with Gasteiger partial charge in [0.2, 0.25) is 5.79 Å². The van der Waals surface area contributed by atoms with Crippen LogP contribution in [0.15, 0.2) is 55.1 Å². The number of hydrogen-bond acceptors (Lipinski definition) is 6. The lowest BCUT2D eigenvalue weighted by atomic mass is 9.96. The van der Waals surface area contributed by atoms with Crippen LogP contribution in [-0.4, -0.2) is 36.2 Å². The number of hydrogen-bond donors (Lipinski definition) is 1. The van der Waals surface area contributed by atoms with E-state index < -0.39 is 17.9 Å². The van der Waals surface area contributed by atoms with Crippen LogP contribution in [-0.2, 0) is 22.5 Å². The minimum Gasteiger partial charge on any atom is -0.497 e. The molecule has 0 saturated heterocycles. The summed E-state index contributed by atoms with van der Waals surface area (Å²) in [6.45, 7) is 7.46. The Bertz CT molecular complexity index is 906. The molecule has 31 heavy (non-hydrogen) atoms. The van der Waals surface area contributed by atoms with E-state index in [1.807, 2.05) is 30.3 Å². The Labute approximate surface area is 183 Å². The van der Waals surface area contributed by atoms with Crippen LogP contribution in [0.4, 0.5) is 0 Å². The first-order chi connectivity index (χ1) is 14.8. The van der Waals surface area contributed by atoms with Crippen molar-refractivity contribution in [1.29, 1.82) is 0 Å². The topological polar surface area (TPSA) is 74.2 Å². The first kappa shape index (κ1) is 22.8. The van der Waals surface area contributed by atoms with Crippen LogP contribution in [0.2, 0.25) is 0 Å². The van der Waals surface area contributed by atoms with Crippen molar-refractivity contribution in [1.82, 2.24) is 0 Å². The zero-order valence-corrected chi connectivity index (χ0v) is 18.3. The van der Waals surface area contributed by atoms with Crippen molar-refractivity contribution in [3.05, 3.63) is 71.8 Å². The molecule has 0 aromatic heterocycles. The average molecular weight is 427 g/mol. The van der Waals surface area contributed by atoms with Crippen molar-refractivity contribution in [2.75, 3.05) is 7.11 Å². The Balaban J connectivity index is 1.88. The zero-order chi connectivity index (χ0) is 22.4. The number of ether oxygens (including phenoxy) is 4. The summed E-state index contributed by atoms with van der Waals surface area (Å²) in [4.78, 5) is 12.8. The highest BCUT2D eigenvalue weighted by molar-refractivity contribution is 5.95. The highest BCUT2D eigenvalue weighted by atomic mass is 16.7. The average Bonchev–Trinajstić information content (AvgIpc) is 2.71. The number of rotatable bonds is 10. The van der Waals surface area contributed by atoms with Gasteiger partial charge < -0.3 is 24.1 Å². The van der Waals surface area contributed by atoms with Gasteiger partial charge in [-0.1, -0.05) is 36.4 Å². The summed E-state index contributed by atoms with van der Waals surface area (Å²) < 4.78 is 22.9. The van der Waals surface area contributed by atoms with Crippen LogP contribution in [0.25, 0.3) is 0 Å². The van der Waals surface area contributed by atoms with Crippen LogP contribution in [0.5, 0.6) is 11.5 Å². The van der Waals surface area contributed by atoms with Crippen LogP contribution < -0.4 is 9.47 Å². The summed E-state index contributed by atoms with van der Waals surface area (Å²) in [5, 5.41) is 10.4. The second-order valence-electron chi connectivity index (χ2n) is 8.09. The molecule has 6 heteroatoms. The molecule has 2 aromatic rings. The molecule has 0 spiro atoms. The van der Waals surface area contributed by atoms with Gasteiger partial charge in [0.05, 0.1) is 25.9 Å². The fourth-order valence-corrected chi connectivity index (χ4v) is 3.63. The van der Waals surface area contributed by atoms with Crippen molar-refractivity contribution in [2.45, 2.75) is 57.7 Å². The molecule has 3 rings (SSSR count). The molecule has 166 valence electrons. The molecule has 1 N–H and O–H groups in total. The van der Waals surface area contributed by atoms with E-state index in [1.54, 1.807) is 39.2 Å². The summed E-state index contributed by atoms with van der Waals surface area (Å²) in [5.74, 6) is -0.508. The first-order valence-corrected chi connectivity index (χ1v) is 10.4. The molecule has 1 heterocycles. The molecule has 0 unspecified atom stereocenters. The number of fused-ring (bicyclic) bond motifs is 1. The van der Waals surface area contributed by atoms with Gasteiger partial charge in [0.15, 0.2) is 0 Å². The van der Waals surface area contributed by atoms with Crippen LogP contribution >= 0.6 is 0 Å². The summed E-state index contributed by atoms with van der Waals surface area (Å²) in [6.07, 6.45) is 1.99. The molecule has 0 radical (unpaired) electrons. The maximum Gasteiger partial charge on any atom is 0.345 e. The second-order valence-corrected chi connectivity index (χ2v) is 8.09. The first-order valence-electron chi connectivity index (χ1n) is 10.4. The smallest absolute Gasteiger partial charge is 0.345 e. The van der Waals surface area contributed by atoms with Gasteiger partial charge in [-0.3, -0.25) is 0 Å². The lowest BCUT2D eigenvalue weighted by Gasteiger charge is -2.33. The highest BCUT2D eigenvalue weighted by Gasteiger charge is 2.36. The Morgan fingerprint density at radius 2 is 1.94 bits per heavy atom. The molecule has 0 aliphatic carbocycles. The fraction of sp³-hybridized carbons (Fsp3) is 0.400. The number of carbonyl (C=O) groups excluding carboxylic acids is 1. The number of carbonyl (C=O) groups is 1. The van der Waals surface area contributed by atoms with Crippen LogP contribution in [0.3, 0.4) is 0 Å². The van der Waals surface area contributed by atoms with E-state index in [0.29, 0.717) is 48.5 Å². The minimum absolute atomic E-state index is 0.339. The van der Waals surface area contributed by atoms with Gasteiger partial charge in [-0.15, -0.1) is 6.58 Å². The largest absolute Gasteiger partial charge is 0.497 e. The summed E-state index contributed by atoms with van der Waals surface area (Å²) >= 11 is 0. The van der Waals surface area contributed by atoms with Crippen LogP contribution in [0.1, 0.15) is 48.2 Å². The zero-order valence-electron chi connectivity index (χ0n) is 18.3. The van der Waals surface area contributed by atoms with Gasteiger partial charge in [0.25, 0.3) is 0 Å². The molecule has 6 nitrogen and oxygen atoms in total. The quantitative estimate of drug-likeness (QED) is 0.447. The number of aliphatic hydroxyl groups excluding tert-OH is 1. The Hall–Kier alpha value is -2.83. The fourth-order valence-electron chi connectivity index (χ4n) is 3.63.